The highest BCUT2D eigenvalue weighted by atomic mass is 32.2. The second-order valence-corrected chi connectivity index (χ2v) is 7.84. The molecule has 4 nitrogen and oxygen atoms in total. The first-order valence-electron chi connectivity index (χ1n) is 5.57. The van der Waals surface area contributed by atoms with Crippen molar-refractivity contribution in [3.05, 3.63) is 17.5 Å². The topological polar surface area (TPSA) is 63.4 Å². The maximum atomic E-state index is 12.3. The normalized spacial score (nSPS) is 13.2. The van der Waals surface area contributed by atoms with E-state index in [9.17, 15) is 8.42 Å². The lowest BCUT2D eigenvalue weighted by Gasteiger charge is -2.29. The van der Waals surface area contributed by atoms with E-state index >= 15 is 0 Å². The summed E-state index contributed by atoms with van der Waals surface area (Å²) in [6, 6.07) is 3.39. The molecule has 0 aromatic carbocycles. The Kier molecular flexibility index (Phi) is 4.71. The highest BCUT2D eigenvalue weighted by Gasteiger charge is 2.29. The fourth-order valence-corrected chi connectivity index (χ4v) is 4.23. The summed E-state index contributed by atoms with van der Waals surface area (Å²) in [5, 5.41) is 1.77. The minimum Gasteiger partial charge on any atom is -0.330 e. The minimum absolute atomic E-state index is 0.208. The maximum absolute atomic E-state index is 12.3. The van der Waals surface area contributed by atoms with Crippen LogP contribution in [0.25, 0.3) is 0 Å². The first-order valence-corrected chi connectivity index (χ1v) is 7.89. The van der Waals surface area contributed by atoms with Crippen molar-refractivity contribution in [1.82, 2.24) is 4.31 Å². The van der Waals surface area contributed by atoms with Gasteiger partial charge in [0.2, 0.25) is 0 Å². The van der Waals surface area contributed by atoms with Crippen LogP contribution in [0, 0.1) is 5.41 Å². The molecular formula is C11H20N2O2S2. The molecule has 0 radical (unpaired) electrons. The van der Waals surface area contributed by atoms with Crippen LogP contribution >= 0.6 is 11.3 Å². The Morgan fingerprint density at radius 2 is 2.12 bits per heavy atom. The first-order chi connectivity index (χ1) is 7.83. The van der Waals surface area contributed by atoms with Gasteiger partial charge in [-0.05, 0) is 23.4 Å². The van der Waals surface area contributed by atoms with Gasteiger partial charge in [0.15, 0.2) is 0 Å². The van der Waals surface area contributed by atoms with Crippen molar-refractivity contribution < 1.29 is 8.42 Å². The van der Waals surface area contributed by atoms with Gasteiger partial charge >= 0.3 is 0 Å². The molecule has 0 saturated carbocycles. The van der Waals surface area contributed by atoms with Crippen molar-refractivity contribution in [2.75, 3.05) is 19.6 Å². The van der Waals surface area contributed by atoms with Crippen LogP contribution in [0.5, 0.6) is 0 Å². The minimum atomic E-state index is -3.35. The lowest BCUT2D eigenvalue weighted by atomic mass is 9.94. The summed E-state index contributed by atoms with van der Waals surface area (Å²) in [4.78, 5) is 0. The third-order valence-corrected chi connectivity index (χ3v) is 5.89. The molecule has 0 bridgehead atoms. The molecule has 0 spiro atoms. The summed E-state index contributed by atoms with van der Waals surface area (Å²) in [5.74, 6) is 0. The molecular weight excluding hydrogens is 256 g/mol. The Labute approximate surface area is 107 Å². The number of thiophene rings is 1. The Bertz CT molecular complexity index is 438. The highest BCUT2D eigenvalue weighted by Crippen LogP contribution is 2.24. The molecule has 0 saturated heterocycles. The fraction of sp³-hybridized carbons (Fsp3) is 0.636. The molecule has 0 fully saturated rings. The van der Waals surface area contributed by atoms with Gasteiger partial charge in [-0.1, -0.05) is 26.8 Å². The molecule has 17 heavy (non-hydrogen) atoms. The average molecular weight is 276 g/mol. The van der Waals surface area contributed by atoms with Crippen molar-refractivity contribution >= 4 is 21.4 Å². The van der Waals surface area contributed by atoms with E-state index < -0.39 is 10.0 Å². The van der Waals surface area contributed by atoms with E-state index in [-0.39, 0.29) is 5.41 Å². The zero-order valence-corrected chi connectivity index (χ0v) is 12.1. The summed E-state index contributed by atoms with van der Waals surface area (Å²) >= 11 is 1.25. The number of rotatable bonds is 6. The molecule has 1 rings (SSSR count). The summed E-state index contributed by atoms with van der Waals surface area (Å²) in [7, 11) is -3.35. The van der Waals surface area contributed by atoms with E-state index in [2.05, 4.69) is 0 Å². The van der Waals surface area contributed by atoms with Gasteiger partial charge < -0.3 is 5.73 Å². The Hall–Kier alpha value is -0.430. The van der Waals surface area contributed by atoms with Gasteiger partial charge in [-0.3, -0.25) is 0 Å². The van der Waals surface area contributed by atoms with E-state index in [1.807, 2.05) is 20.8 Å². The molecule has 98 valence electrons. The SMILES string of the molecule is CCN(CC(C)(C)CN)S(=O)(=O)c1cccs1. The monoisotopic (exact) mass is 276 g/mol. The maximum Gasteiger partial charge on any atom is 0.252 e. The van der Waals surface area contributed by atoms with E-state index in [1.54, 1.807) is 17.5 Å². The smallest absolute Gasteiger partial charge is 0.252 e. The molecule has 1 aromatic heterocycles. The number of nitrogens with two attached hydrogens (primary N) is 1. The molecule has 2 N–H and O–H groups in total. The van der Waals surface area contributed by atoms with Crippen LogP contribution in [0.15, 0.2) is 21.7 Å². The molecule has 1 aromatic rings. The van der Waals surface area contributed by atoms with Crippen LogP contribution in [0.3, 0.4) is 0 Å². The summed E-state index contributed by atoms with van der Waals surface area (Å²) in [5.41, 5.74) is 5.44. The largest absolute Gasteiger partial charge is 0.330 e. The highest BCUT2D eigenvalue weighted by molar-refractivity contribution is 7.91. The lowest BCUT2D eigenvalue weighted by molar-refractivity contribution is 0.273. The molecule has 0 unspecified atom stereocenters. The Balaban J connectivity index is 2.96. The quantitative estimate of drug-likeness (QED) is 0.861. The van der Waals surface area contributed by atoms with Crippen LogP contribution < -0.4 is 5.73 Å². The molecule has 0 aliphatic carbocycles. The van der Waals surface area contributed by atoms with Crippen LogP contribution in [-0.4, -0.2) is 32.4 Å². The van der Waals surface area contributed by atoms with Gasteiger partial charge in [0.1, 0.15) is 4.21 Å². The number of hydrogen-bond acceptors (Lipinski definition) is 4. The lowest BCUT2D eigenvalue weighted by Crippen LogP contribution is -2.41. The molecule has 0 aliphatic rings. The van der Waals surface area contributed by atoms with Gasteiger partial charge in [0.05, 0.1) is 0 Å². The van der Waals surface area contributed by atoms with E-state index in [1.165, 1.54) is 15.6 Å². The average Bonchev–Trinajstić information content (AvgIpc) is 2.79. The van der Waals surface area contributed by atoms with Crippen molar-refractivity contribution in [1.29, 1.82) is 0 Å². The number of nitrogens with zero attached hydrogens (tertiary/aromatic N) is 1. The molecule has 1 heterocycles. The fourth-order valence-electron chi connectivity index (χ4n) is 1.45. The first kappa shape index (κ1) is 14.6. The van der Waals surface area contributed by atoms with Gasteiger partial charge in [-0.15, -0.1) is 11.3 Å². The van der Waals surface area contributed by atoms with Crippen LogP contribution in [-0.2, 0) is 10.0 Å². The zero-order valence-electron chi connectivity index (χ0n) is 10.5. The van der Waals surface area contributed by atoms with Gasteiger partial charge in [-0.25, -0.2) is 8.42 Å². The molecule has 0 amide bonds. The van der Waals surface area contributed by atoms with Gasteiger partial charge in [-0.2, -0.15) is 4.31 Å². The van der Waals surface area contributed by atoms with Crippen LogP contribution in [0.4, 0.5) is 0 Å². The van der Waals surface area contributed by atoms with Crippen molar-refractivity contribution in [2.24, 2.45) is 11.1 Å². The van der Waals surface area contributed by atoms with E-state index in [0.717, 1.165) is 0 Å². The van der Waals surface area contributed by atoms with Crippen molar-refractivity contribution in [3.63, 3.8) is 0 Å². The molecule has 0 aliphatic heterocycles. The molecule has 0 atom stereocenters. The third kappa shape index (κ3) is 3.51. The standard InChI is InChI=1S/C11H20N2O2S2/c1-4-13(9-11(2,3)8-12)17(14,15)10-6-5-7-16-10/h5-7H,4,8-9,12H2,1-3H3. The second-order valence-electron chi connectivity index (χ2n) is 4.73. The van der Waals surface area contributed by atoms with E-state index in [0.29, 0.717) is 23.8 Å². The summed E-state index contributed by atoms with van der Waals surface area (Å²) in [6.45, 7) is 7.16. The predicted octanol–water partition coefficient (Wildman–Crippen LogP) is 1.74. The van der Waals surface area contributed by atoms with Crippen molar-refractivity contribution in [2.45, 2.75) is 25.0 Å². The summed E-state index contributed by atoms with van der Waals surface area (Å²) < 4.78 is 26.5. The van der Waals surface area contributed by atoms with Crippen LogP contribution in [0.2, 0.25) is 0 Å². The van der Waals surface area contributed by atoms with E-state index in [4.69, 9.17) is 5.73 Å². The second kappa shape index (κ2) is 5.48. The number of sulfonamides is 1. The van der Waals surface area contributed by atoms with Gasteiger partial charge in [0, 0.05) is 13.1 Å². The van der Waals surface area contributed by atoms with Crippen molar-refractivity contribution in [3.8, 4) is 0 Å². The number of hydrogen-bond donors (Lipinski definition) is 1. The molecule has 6 heteroatoms. The van der Waals surface area contributed by atoms with Gasteiger partial charge in [0.25, 0.3) is 10.0 Å². The Morgan fingerprint density at radius 3 is 2.53 bits per heavy atom. The zero-order chi connectivity index (χ0) is 13.1. The summed E-state index contributed by atoms with van der Waals surface area (Å²) in [6.07, 6.45) is 0. The Morgan fingerprint density at radius 1 is 1.47 bits per heavy atom. The predicted molar refractivity (Wildman–Crippen MR) is 71.6 cm³/mol. The van der Waals surface area contributed by atoms with Crippen LogP contribution in [0.1, 0.15) is 20.8 Å². The third-order valence-electron chi connectivity index (χ3n) is 2.60.